The first-order valence-corrected chi connectivity index (χ1v) is 8.49. The maximum Gasteiger partial charge on any atom is 0.255 e. The zero-order chi connectivity index (χ0) is 19.1. The van der Waals surface area contributed by atoms with E-state index >= 15 is 0 Å². The van der Waals surface area contributed by atoms with E-state index in [4.69, 9.17) is 14.2 Å². The van der Waals surface area contributed by atoms with Crippen molar-refractivity contribution in [3.05, 3.63) is 83.9 Å². The summed E-state index contributed by atoms with van der Waals surface area (Å²) in [6, 6.07) is 22.2. The summed E-state index contributed by atoms with van der Waals surface area (Å²) < 4.78 is 16.2. The molecule has 0 aromatic heterocycles. The first-order valence-electron chi connectivity index (χ1n) is 8.49. The number of anilines is 1. The van der Waals surface area contributed by atoms with Crippen LogP contribution in [0.1, 0.15) is 15.9 Å². The van der Waals surface area contributed by atoms with Gasteiger partial charge in [0.25, 0.3) is 5.91 Å². The van der Waals surface area contributed by atoms with Gasteiger partial charge in [0, 0.05) is 29.4 Å². The van der Waals surface area contributed by atoms with E-state index in [0.717, 1.165) is 5.56 Å². The normalized spacial score (nSPS) is 10.1. The Hall–Kier alpha value is -3.47. The van der Waals surface area contributed by atoms with E-state index in [9.17, 15) is 4.79 Å². The van der Waals surface area contributed by atoms with Gasteiger partial charge in [-0.3, -0.25) is 4.79 Å². The molecule has 0 heterocycles. The summed E-state index contributed by atoms with van der Waals surface area (Å²) in [7, 11) is 3.13. The topological polar surface area (TPSA) is 56.8 Å². The molecule has 0 bridgehead atoms. The predicted molar refractivity (Wildman–Crippen MR) is 105 cm³/mol. The minimum atomic E-state index is -0.222. The summed E-state index contributed by atoms with van der Waals surface area (Å²) in [6.07, 6.45) is 0. The molecule has 3 aromatic rings. The van der Waals surface area contributed by atoms with Gasteiger partial charge in [-0.25, -0.2) is 0 Å². The second-order valence-corrected chi connectivity index (χ2v) is 5.85. The van der Waals surface area contributed by atoms with Crippen molar-refractivity contribution in [2.75, 3.05) is 19.5 Å². The first-order chi connectivity index (χ1) is 13.2. The number of hydrogen-bond donors (Lipinski definition) is 1. The molecule has 0 fully saturated rings. The lowest BCUT2D eigenvalue weighted by molar-refractivity contribution is 0.102. The minimum absolute atomic E-state index is 0.222. The predicted octanol–water partition coefficient (Wildman–Crippen LogP) is 4.54. The monoisotopic (exact) mass is 363 g/mol. The van der Waals surface area contributed by atoms with Crippen LogP contribution in [0.4, 0.5) is 5.69 Å². The average molecular weight is 363 g/mol. The lowest BCUT2D eigenvalue weighted by Gasteiger charge is -2.10. The Kier molecular flexibility index (Phi) is 5.94. The van der Waals surface area contributed by atoms with Gasteiger partial charge >= 0.3 is 0 Å². The summed E-state index contributed by atoms with van der Waals surface area (Å²) in [6.45, 7) is 0.482. The molecule has 0 saturated carbocycles. The molecule has 1 N–H and O–H groups in total. The Morgan fingerprint density at radius 2 is 1.44 bits per heavy atom. The molecule has 0 aliphatic carbocycles. The largest absolute Gasteiger partial charge is 0.497 e. The Balaban J connectivity index is 1.63. The number of methoxy groups -OCH3 is 2. The molecule has 138 valence electrons. The molecule has 5 nitrogen and oxygen atoms in total. The summed E-state index contributed by atoms with van der Waals surface area (Å²) in [5, 5.41) is 2.85. The van der Waals surface area contributed by atoms with Crippen LogP contribution in [0, 0.1) is 0 Å². The molecular formula is C22H21NO4. The average Bonchev–Trinajstić information content (AvgIpc) is 2.73. The van der Waals surface area contributed by atoms with Gasteiger partial charge in [-0.05, 0) is 29.8 Å². The van der Waals surface area contributed by atoms with Crippen LogP contribution in [0.25, 0.3) is 0 Å². The van der Waals surface area contributed by atoms with E-state index < -0.39 is 0 Å². The van der Waals surface area contributed by atoms with Crippen LogP contribution in [0.2, 0.25) is 0 Å². The van der Waals surface area contributed by atoms with Crippen LogP contribution in [-0.4, -0.2) is 20.1 Å². The molecule has 0 unspecified atom stereocenters. The number of carbonyl (C=O) groups excluding carboxylic acids is 1. The summed E-state index contributed by atoms with van der Waals surface area (Å²) in [4.78, 5) is 12.5. The molecule has 0 saturated heterocycles. The number of nitrogens with one attached hydrogen (secondary N) is 1. The van der Waals surface area contributed by atoms with Crippen molar-refractivity contribution in [3.8, 4) is 17.2 Å². The van der Waals surface area contributed by atoms with Crippen molar-refractivity contribution in [1.29, 1.82) is 0 Å². The fourth-order valence-electron chi connectivity index (χ4n) is 2.53. The van der Waals surface area contributed by atoms with E-state index in [1.165, 1.54) is 0 Å². The molecule has 1 amide bonds. The highest BCUT2D eigenvalue weighted by Gasteiger charge is 2.09. The molecule has 0 atom stereocenters. The fraction of sp³-hybridized carbons (Fsp3) is 0.136. The lowest BCUT2D eigenvalue weighted by Crippen LogP contribution is -2.12. The number of ether oxygens (including phenoxy) is 3. The highest BCUT2D eigenvalue weighted by Crippen LogP contribution is 2.26. The maximum atomic E-state index is 12.5. The van der Waals surface area contributed by atoms with Crippen molar-refractivity contribution in [3.63, 3.8) is 0 Å². The zero-order valence-corrected chi connectivity index (χ0v) is 15.3. The second kappa shape index (κ2) is 8.76. The third-order valence-corrected chi connectivity index (χ3v) is 3.97. The van der Waals surface area contributed by atoms with E-state index in [1.54, 1.807) is 56.7 Å². The molecule has 3 aromatic carbocycles. The number of carbonyl (C=O) groups is 1. The third kappa shape index (κ3) is 5.01. The Labute approximate surface area is 158 Å². The van der Waals surface area contributed by atoms with Gasteiger partial charge in [-0.2, -0.15) is 0 Å². The number of amides is 1. The van der Waals surface area contributed by atoms with Crippen LogP contribution in [0.3, 0.4) is 0 Å². The molecule has 0 aliphatic rings. The minimum Gasteiger partial charge on any atom is -0.497 e. The molecule has 0 radical (unpaired) electrons. The van der Waals surface area contributed by atoms with Crippen molar-refractivity contribution >= 4 is 11.6 Å². The molecular weight excluding hydrogens is 342 g/mol. The highest BCUT2D eigenvalue weighted by atomic mass is 16.5. The van der Waals surface area contributed by atoms with Gasteiger partial charge < -0.3 is 19.5 Å². The van der Waals surface area contributed by atoms with Crippen molar-refractivity contribution < 1.29 is 19.0 Å². The van der Waals surface area contributed by atoms with Gasteiger partial charge in [0.1, 0.15) is 23.9 Å². The SMILES string of the molecule is COc1cc(NC(=O)c2ccc(OCc3ccccc3)cc2)cc(OC)c1. The highest BCUT2D eigenvalue weighted by molar-refractivity contribution is 6.04. The quantitative estimate of drug-likeness (QED) is 0.670. The fourth-order valence-corrected chi connectivity index (χ4v) is 2.53. The van der Waals surface area contributed by atoms with Crippen LogP contribution >= 0.6 is 0 Å². The van der Waals surface area contributed by atoms with Gasteiger partial charge in [0.2, 0.25) is 0 Å². The van der Waals surface area contributed by atoms with Crippen molar-refractivity contribution in [2.45, 2.75) is 6.61 Å². The molecule has 0 aliphatic heterocycles. The van der Waals surface area contributed by atoms with Gasteiger partial charge in [0.05, 0.1) is 14.2 Å². The van der Waals surface area contributed by atoms with Gasteiger partial charge in [-0.15, -0.1) is 0 Å². The van der Waals surface area contributed by atoms with Crippen LogP contribution in [0.15, 0.2) is 72.8 Å². The standard InChI is InChI=1S/C22H21NO4/c1-25-20-12-18(13-21(14-20)26-2)23-22(24)17-8-10-19(11-9-17)27-15-16-6-4-3-5-7-16/h3-14H,15H2,1-2H3,(H,23,24). The molecule has 3 rings (SSSR count). The summed E-state index contributed by atoms with van der Waals surface area (Å²) in [5.74, 6) is 1.70. The number of rotatable bonds is 7. The first kappa shape index (κ1) is 18.3. The zero-order valence-electron chi connectivity index (χ0n) is 15.3. The summed E-state index contributed by atoms with van der Waals surface area (Å²) >= 11 is 0. The van der Waals surface area contributed by atoms with E-state index in [0.29, 0.717) is 35.1 Å². The van der Waals surface area contributed by atoms with Crippen LogP contribution in [0.5, 0.6) is 17.2 Å². The molecule has 27 heavy (non-hydrogen) atoms. The Morgan fingerprint density at radius 3 is 2.04 bits per heavy atom. The number of benzene rings is 3. The molecule has 5 heteroatoms. The lowest BCUT2D eigenvalue weighted by atomic mass is 10.2. The van der Waals surface area contributed by atoms with Crippen LogP contribution < -0.4 is 19.5 Å². The smallest absolute Gasteiger partial charge is 0.255 e. The third-order valence-electron chi connectivity index (χ3n) is 3.97. The van der Waals surface area contributed by atoms with Crippen molar-refractivity contribution in [2.24, 2.45) is 0 Å². The number of hydrogen-bond acceptors (Lipinski definition) is 4. The van der Waals surface area contributed by atoms with Crippen molar-refractivity contribution in [1.82, 2.24) is 0 Å². The Bertz CT molecular complexity index is 870. The van der Waals surface area contributed by atoms with Crippen LogP contribution in [-0.2, 0) is 6.61 Å². The van der Waals surface area contributed by atoms with E-state index in [2.05, 4.69) is 5.32 Å². The van der Waals surface area contributed by atoms with Gasteiger partial charge in [0.15, 0.2) is 0 Å². The van der Waals surface area contributed by atoms with E-state index in [1.807, 2.05) is 30.3 Å². The van der Waals surface area contributed by atoms with Gasteiger partial charge in [-0.1, -0.05) is 30.3 Å². The van der Waals surface area contributed by atoms with E-state index in [-0.39, 0.29) is 5.91 Å². The molecule has 0 spiro atoms. The Morgan fingerprint density at radius 1 is 0.815 bits per heavy atom. The second-order valence-electron chi connectivity index (χ2n) is 5.85. The maximum absolute atomic E-state index is 12.5. The summed E-state index contributed by atoms with van der Waals surface area (Å²) in [5.41, 5.74) is 2.22.